The van der Waals surface area contributed by atoms with Gasteiger partial charge in [-0.2, -0.15) is 0 Å². The summed E-state index contributed by atoms with van der Waals surface area (Å²) in [7, 11) is -3.01. The second-order valence-corrected chi connectivity index (χ2v) is 10.0. The van der Waals surface area contributed by atoms with Crippen LogP contribution in [0.4, 0.5) is 0 Å². The van der Waals surface area contributed by atoms with Crippen molar-refractivity contribution in [2.24, 2.45) is 0 Å². The Morgan fingerprint density at radius 2 is 2.23 bits per heavy atom. The van der Waals surface area contributed by atoms with Gasteiger partial charge in [0.2, 0.25) is 5.91 Å². The predicted molar refractivity (Wildman–Crippen MR) is 105 cm³/mol. The zero-order valence-corrected chi connectivity index (χ0v) is 16.8. The van der Waals surface area contributed by atoms with E-state index in [9.17, 15) is 13.2 Å². The smallest absolute Gasteiger partial charge is 0.233 e. The number of hydrogen-bond acceptors (Lipinski definition) is 5. The van der Waals surface area contributed by atoms with Gasteiger partial charge in [-0.25, -0.2) is 13.4 Å². The van der Waals surface area contributed by atoms with Gasteiger partial charge in [-0.15, -0.1) is 0 Å². The van der Waals surface area contributed by atoms with Crippen molar-refractivity contribution in [3.8, 4) is 0 Å². The summed E-state index contributed by atoms with van der Waals surface area (Å²) in [4.78, 5) is 22.3. The van der Waals surface area contributed by atoms with E-state index in [4.69, 9.17) is 0 Å². The number of fused-ring (bicyclic) bond motifs is 1. The van der Waals surface area contributed by atoms with Gasteiger partial charge in [0.15, 0.2) is 15.0 Å². The number of aromatic amines is 1. The van der Waals surface area contributed by atoms with Gasteiger partial charge in [0.1, 0.15) is 0 Å². The van der Waals surface area contributed by atoms with Crippen LogP contribution in [0.15, 0.2) is 23.4 Å². The molecule has 6 nitrogen and oxygen atoms in total. The van der Waals surface area contributed by atoms with Gasteiger partial charge in [0.25, 0.3) is 0 Å². The lowest BCUT2D eigenvalue weighted by Gasteiger charge is -2.28. The van der Waals surface area contributed by atoms with E-state index in [0.717, 1.165) is 29.4 Å². The average Bonchev–Trinajstić information content (AvgIpc) is 3.15. The van der Waals surface area contributed by atoms with E-state index in [-0.39, 0.29) is 29.2 Å². The first-order valence-electron chi connectivity index (χ1n) is 8.97. The summed E-state index contributed by atoms with van der Waals surface area (Å²) in [5, 5.41) is 0.716. The van der Waals surface area contributed by atoms with Crippen molar-refractivity contribution >= 4 is 38.5 Å². The van der Waals surface area contributed by atoms with Gasteiger partial charge >= 0.3 is 0 Å². The number of carbonyl (C=O) groups is 1. The molecule has 2 heterocycles. The number of sulfone groups is 1. The second-order valence-electron chi connectivity index (χ2n) is 6.85. The molecule has 1 aromatic carbocycles. The number of amides is 1. The third-order valence-electron chi connectivity index (χ3n) is 4.67. The zero-order valence-electron chi connectivity index (χ0n) is 15.2. The van der Waals surface area contributed by atoms with Crippen LogP contribution < -0.4 is 0 Å². The molecule has 142 valence electrons. The summed E-state index contributed by atoms with van der Waals surface area (Å²) < 4.78 is 23.6. The van der Waals surface area contributed by atoms with Crippen LogP contribution in [0.5, 0.6) is 0 Å². The molecule has 26 heavy (non-hydrogen) atoms. The Morgan fingerprint density at radius 1 is 1.42 bits per heavy atom. The number of imidazole rings is 1. The van der Waals surface area contributed by atoms with Crippen LogP contribution >= 0.6 is 11.8 Å². The predicted octanol–water partition coefficient (Wildman–Crippen LogP) is 2.78. The first kappa shape index (κ1) is 19.2. The van der Waals surface area contributed by atoms with Crippen LogP contribution in [0.3, 0.4) is 0 Å². The number of carbonyl (C=O) groups excluding carboxylic acids is 1. The lowest BCUT2D eigenvalue weighted by atomic mass is 10.2. The fraction of sp³-hybridized carbons (Fsp3) is 0.556. The van der Waals surface area contributed by atoms with E-state index >= 15 is 0 Å². The number of nitrogens with zero attached hydrogens (tertiary/aromatic N) is 2. The molecule has 1 N–H and O–H groups in total. The monoisotopic (exact) mass is 395 g/mol. The molecular weight excluding hydrogens is 370 g/mol. The average molecular weight is 396 g/mol. The molecule has 1 aliphatic rings. The highest BCUT2D eigenvalue weighted by molar-refractivity contribution is 7.99. The molecular formula is C18H25N3O3S2. The van der Waals surface area contributed by atoms with Crippen LogP contribution in [-0.4, -0.2) is 59.0 Å². The third-order valence-corrected chi connectivity index (χ3v) is 7.28. The van der Waals surface area contributed by atoms with E-state index in [1.807, 2.05) is 25.1 Å². The van der Waals surface area contributed by atoms with Crippen molar-refractivity contribution in [2.75, 3.05) is 23.8 Å². The number of benzene rings is 1. The molecule has 1 saturated heterocycles. The SMILES string of the molecule is CCCCN(C(=O)CSc1nc2ccc(C)cc2[nH]1)C1CCS(=O)(=O)C1. The Balaban J connectivity index is 1.66. The van der Waals surface area contributed by atoms with Gasteiger partial charge in [-0.3, -0.25) is 4.79 Å². The fourth-order valence-electron chi connectivity index (χ4n) is 3.24. The minimum atomic E-state index is -3.01. The lowest BCUT2D eigenvalue weighted by Crippen LogP contribution is -2.42. The van der Waals surface area contributed by atoms with E-state index in [1.54, 1.807) is 4.90 Å². The summed E-state index contributed by atoms with van der Waals surface area (Å²) in [6.07, 6.45) is 2.41. The molecule has 1 amide bonds. The Kier molecular flexibility index (Phi) is 5.92. The Bertz CT molecular complexity index is 892. The summed E-state index contributed by atoms with van der Waals surface area (Å²) in [5.74, 6) is 0.530. The highest BCUT2D eigenvalue weighted by Crippen LogP contribution is 2.23. The van der Waals surface area contributed by atoms with Crippen LogP contribution in [0, 0.1) is 6.92 Å². The standard InChI is InChI=1S/C18H25N3O3S2/c1-3-4-8-21(14-7-9-26(23,24)12-14)17(22)11-25-18-19-15-6-5-13(2)10-16(15)20-18/h5-6,10,14H,3-4,7-9,11-12H2,1-2H3,(H,19,20). The molecule has 3 rings (SSSR count). The molecule has 0 bridgehead atoms. The molecule has 0 spiro atoms. The first-order valence-corrected chi connectivity index (χ1v) is 11.8. The quantitative estimate of drug-likeness (QED) is 0.729. The van der Waals surface area contributed by atoms with Crippen molar-refractivity contribution in [2.45, 2.75) is 44.3 Å². The Hall–Kier alpha value is -1.54. The zero-order chi connectivity index (χ0) is 18.7. The van der Waals surface area contributed by atoms with Crippen LogP contribution in [-0.2, 0) is 14.6 Å². The minimum Gasteiger partial charge on any atom is -0.338 e. The maximum Gasteiger partial charge on any atom is 0.233 e. The number of rotatable bonds is 7. The molecule has 1 aliphatic heterocycles. The van der Waals surface area contributed by atoms with Crippen molar-refractivity contribution < 1.29 is 13.2 Å². The molecule has 1 unspecified atom stereocenters. The highest BCUT2D eigenvalue weighted by atomic mass is 32.2. The summed E-state index contributed by atoms with van der Waals surface area (Å²) in [6, 6.07) is 5.82. The van der Waals surface area contributed by atoms with E-state index in [0.29, 0.717) is 18.1 Å². The number of thioether (sulfide) groups is 1. The van der Waals surface area contributed by atoms with Crippen molar-refractivity contribution in [1.82, 2.24) is 14.9 Å². The number of H-pyrrole nitrogens is 1. The fourth-order valence-corrected chi connectivity index (χ4v) is 5.74. The van der Waals surface area contributed by atoms with Gasteiger partial charge in [-0.05, 0) is 37.5 Å². The molecule has 1 aromatic heterocycles. The van der Waals surface area contributed by atoms with Crippen molar-refractivity contribution in [3.63, 3.8) is 0 Å². The van der Waals surface area contributed by atoms with Gasteiger partial charge in [0, 0.05) is 12.6 Å². The molecule has 2 aromatic rings. The largest absolute Gasteiger partial charge is 0.338 e. The maximum atomic E-state index is 12.8. The molecule has 0 saturated carbocycles. The van der Waals surface area contributed by atoms with Crippen LogP contribution in [0.25, 0.3) is 11.0 Å². The van der Waals surface area contributed by atoms with Gasteiger partial charge in [-0.1, -0.05) is 31.2 Å². The number of hydrogen-bond donors (Lipinski definition) is 1. The molecule has 0 aliphatic carbocycles. The lowest BCUT2D eigenvalue weighted by molar-refractivity contribution is -0.130. The van der Waals surface area contributed by atoms with Crippen molar-refractivity contribution in [3.05, 3.63) is 23.8 Å². The topological polar surface area (TPSA) is 83.1 Å². The summed E-state index contributed by atoms with van der Waals surface area (Å²) >= 11 is 1.37. The summed E-state index contributed by atoms with van der Waals surface area (Å²) in [6.45, 7) is 4.71. The Labute approximate surface area is 158 Å². The van der Waals surface area contributed by atoms with Gasteiger partial charge < -0.3 is 9.88 Å². The normalized spacial score (nSPS) is 19.1. The summed E-state index contributed by atoms with van der Waals surface area (Å²) in [5.41, 5.74) is 3.00. The van der Waals surface area contributed by atoms with Crippen molar-refractivity contribution in [1.29, 1.82) is 0 Å². The van der Waals surface area contributed by atoms with E-state index in [1.165, 1.54) is 11.8 Å². The molecule has 1 atom stereocenters. The van der Waals surface area contributed by atoms with E-state index in [2.05, 4.69) is 16.9 Å². The highest BCUT2D eigenvalue weighted by Gasteiger charge is 2.34. The van der Waals surface area contributed by atoms with E-state index < -0.39 is 9.84 Å². The van der Waals surface area contributed by atoms with Gasteiger partial charge in [0.05, 0.1) is 28.3 Å². The first-order chi connectivity index (χ1) is 12.4. The number of aromatic nitrogens is 2. The number of unbranched alkanes of at least 4 members (excludes halogenated alkanes) is 1. The molecule has 1 fully saturated rings. The number of nitrogens with one attached hydrogen (secondary N) is 1. The maximum absolute atomic E-state index is 12.8. The molecule has 8 heteroatoms. The minimum absolute atomic E-state index is 0.0119. The van der Waals surface area contributed by atoms with Crippen LogP contribution in [0.1, 0.15) is 31.7 Å². The van der Waals surface area contributed by atoms with Crippen LogP contribution in [0.2, 0.25) is 0 Å². The third kappa shape index (κ3) is 4.59. The molecule has 0 radical (unpaired) electrons. The second kappa shape index (κ2) is 8.00. The Morgan fingerprint density at radius 3 is 2.92 bits per heavy atom. The number of aryl methyl sites for hydroxylation is 1.